The molecule has 0 saturated heterocycles. The van der Waals surface area contributed by atoms with Crippen molar-refractivity contribution in [3.8, 4) is 80.1 Å². The van der Waals surface area contributed by atoms with Gasteiger partial charge in [0.1, 0.15) is 0 Å². The van der Waals surface area contributed by atoms with Crippen LogP contribution in [0.4, 0.5) is 0 Å². The van der Waals surface area contributed by atoms with Gasteiger partial charge in [-0.3, -0.25) is 0 Å². The van der Waals surface area contributed by atoms with Crippen molar-refractivity contribution in [2.45, 2.75) is 105 Å². The fourth-order valence-electron chi connectivity index (χ4n) is 9.77. The fourth-order valence-corrected chi connectivity index (χ4v) is 9.77. The fraction of sp³-hybridized carbons (Fsp3) is 0.246. The largest absolute Gasteiger partial charge is 0.308 e. The first-order valence-corrected chi connectivity index (χ1v) is 25.2. The summed E-state index contributed by atoms with van der Waals surface area (Å²) in [5.74, 6) is 3.42. The van der Waals surface area contributed by atoms with Gasteiger partial charge in [-0.2, -0.15) is 5.26 Å². The van der Waals surface area contributed by atoms with Gasteiger partial charge in [0.05, 0.1) is 28.4 Å². The molecule has 0 aliphatic carbocycles. The highest BCUT2D eigenvalue weighted by Gasteiger charge is 2.27. The van der Waals surface area contributed by atoms with Crippen LogP contribution in [0.25, 0.3) is 95.8 Å². The summed E-state index contributed by atoms with van der Waals surface area (Å²) in [6.45, 7) is 26.6. The molecule has 362 valence electrons. The van der Waals surface area contributed by atoms with Crippen LogP contribution in [0.2, 0.25) is 0 Å². The molecule has 7 aromatic carbocycles. The number of para-hydroxylation sites is 1. The molecule has 10 rings (SSSR count). The first-order chi connectivity index (χ1) is 34.7. The van der Waals surface area contributed by atoms with Crippen molar-refractivity contribution >= 4 is 21.8 Å². The number of rotatable bonds is 7. The summed E-state index contributed by atoms with van der Waals surface area (Å²) < 4.78 is 2.26. The van der Waals surface area contributed by atoms with Crippen molar-refractivity contribution < 1.29 is 0 Å². The summed E-state index contributed by atoms with van der Waals surface area (Å²) in [6, 6.07) is 56.9. The van der Waals surface area contributed by atoms with Crippen LogP contribution >= 0.6 is 0 Å². The Morgan fingerprint density at radius 1 is 0.356 bits per heavy atom. The molecular weight excluding hydrogens is 893 g/mol. The summed E-state index contributed by atoms with van der Waals surface area (Å²) in [4.78, 5) is 31.7. The van der Waals surface area contributed by atoms with Gasteiger partial charge >= 0.3 is 0 Å². The molecule has 0 amide bonds. The summed E-state index contributed by atoms with van der Waals surface area (Å²) in [5, 5.41) is 12.6. The van der Waals surface area contributed by atoms with Gasteiger partial charge in [0.25, 0.3) is 0 Å². The van der Waals surface area contributed by atoms with Crippen molar-refractivity contribution in [2.24, 2.45) is 0 Å². The molecule has 0 radical (unpaired) electrons. The van der Waals surface area contributed by atoms with Gasteiger partial charge in [-0.05, 0) is 98.5 Å². The molecule has 0 fully saturated rings. The Morgan fingerprint density at radius 3 is 1.29 bits per heavy atom. The van der Waals surface area contributed by atoms with E-state index in [-0.39, 0.29) is 21.7 Å². The summed E-state index contributed by atoms with van der Waals surface area (Å²) in [6.07, 6.45) is 0. The maximum atomic E-state index is 10.5. The van der Waals surface area contributed by atoms with Gasteiger partial charge < -0.3 is 4.57 Å². The lowest BCUT2D eigenvalue weighted by atomic mass is 9.83. The monoisotopic (exact) mass is 955 g/mol. The highest BCUT2D eigenvalue weighted by Crippen LogP contribution is 2.41. The van der Waals surface area contributed by atoms with E-state index in [1.54, 1.807) is 0 Å². The van der Waals surface area contributed by atoms with E-state index in [1.165, 1.54) is 11.1 Å². The molecule has 8 heteroatoms. The molecule has 8 nitrogen and oxygen atoms in total. The van der Waals surface area contributed by atoms with E-state index < -0.39 is 0 Å². The van der Waals surface area contributed by atoms with E-state index in [1.807, 2.05) is 30.3 Å². The number of nitrogens with zero attached hydrogens (tertiary/aromatic N) is 8. The molecule has 0 N–H and O–H groups in total. The molecule has 0 spiro atoms. The van der Waals surface area contributed by atoms with Crippen LogP contribution in [0.3, 0.4) is 0 Å². The quantitative estimate of drug-likeness (QED) is 0.157. The van der Waals surface area contributed by atoms with Crippen molar-refractivity contribution in [3.63, 3.8) is 0 Å². The van der Waals surface area contributed by atoms with Crippen LogP contribution in [-0.4, -0.2) is 34.5 Å². The number of nitriles is 1. The molecule has 0 saturated carbocycles. The Kier molecular flexibility index (Phi) is 12.1. The second kappa shape index (κ2) is 18.2. The van der Waals surface area contributed by atoms with E-state index >= 15 is 0 Å². The predicted octanol–water partition coefficient (Wildman–Crippen LogP) is 16.2. The number of benzene rings is 7. The molecule has 0 aliphatic heterocycles. The predicted molar refractivity (Wildman–Crippen MR) is 300 cm³/mol. The Labute approximate surface area is 430 Å². The average Bonchev–Trinajstić information content (AvgIpc) is 3.70. The second-order valence-corrected chi connectivity index (χ2v) is 23.3. The number of hydrogen-bond acceptors (Lipinski definition) is 7. The Balaban J connectivity index is 1.20. The van der Waals surface area contributed by atoms with Crippen LogP contribution in [0.15, 0.2) is 158 Å². The van der Waals surface area contributed by atoms with Gasteiger partial charge in [0.15, 0.2) is 34.9 Å². The topological polar surface area (TPSA) is 106 Å². The molecule has 10 aromatic rings. The summed E-state index contributed by atoms with van der Waals surface area (Å²) >= 11 is 0. The molecule has 0 unspecified atom stereocenters. The number of fused-ring (bicyclic) bond motifs is 3. The lowest BCUT2D eigenvalue weighted by Crippen LogP contribution is -2.15. The molecule has 0 bridgehead atoms. The zero-order valence-electron chi connectivity index (χ0n) is 44.1. The SMILES string of the molecule is CC(C)(C)c1cccc(-c2nc(-c3cccc(C(C)(C)C)c3)nc(-c3ccc4c(c3)c3ccccc3n4-c3ccc(C#N)cc3-c3nc(-c4ccccc4C(C)(C)C)nc(-c4ccccc4C(C)(C)C)n3)n2)c1. The third kappa shape index (κ3) is 9.44. The average molecular weight is 955 g/mol. The van der Waals surface area contributed by atoms with E-state index in [9.17, 15) is 5.26 Å². The third-order valence-corrected chi connectivity index (χ3v) is 13.7. The van der Waals surface area contributed by atoms with Gasteiger partial charge in [0.2, 0.25) is 0 Å². The van der Waals surface area contributed by atoms with Crippen LogP contribution in [0.1, 0.15) is 111 Å². The Bertz CT molecular complexity index is 3650. The van der Waals surface area contributed by atoms with Gasteiger partial charge in [-0.1, -0.05) is 186 Å². The normalized spacial score (nSPS) is 12.4. The molecule has 0 aliphatic rings. The van der Waals surface area contributed by atoms with Crippen molar-refractivity contribution in [1.82, 2.24) is 34.5 Å². The molecule has 73 heavy (non-hydrogen) atoms. The molecule has 3 heterocycles. The highest BCUT2D eigenvalue weighted by atomic mass is 15.1. The lowest BCUT2D eigenvalue weighted by Gasteiger charge is -2.24. The zero-order chi connectivity index (χ0) is 51.6. The Morgan fingerprint density at radius 2 is 0.795 bits per heavy atom. The summed E-state index contributed by atoms with van der Waals surface area (Å²) in [5.41, 5.74) is 12.7. The van der Waals surface area contributed by atoms with Gasteiger partial charge in [-0.25, -0.2) is 29.9 Å². The first-order valence-electron chi connectivity index (χ1n) is 25.2. The van der Waals surface area contributed by atoms with E-state index in [0.29, 0.717) is 46.1 Å². The van der Waals surface area contributed by atoms with E-state index in [2.05, 4.69) is 221 Å². The number of aromatic nitrogens is 7. The van der Waals surface area contributed by atoms with Crippen molar-refractivity contribution in [3.05, 3.63) is 186 Å². The minimum Gasteiger partial charge on any atom is -0.308 e. The van der Waals surface area contributed by atoms with Crippen LogP contribution in [0.5, 0.6) is 0 Å². The zero-order valence-corrected chi connectivity index (χ0v) is 44.1. The van der Waals surface area contributed by atoms with Crippen molar-refractivity contribution in [1.29, 1.82) is 5.26 Å². The van der Waals surface area contributed by atoms with Crippen molar-refractivity contribution in [2.75, 3.05) is 0 Å². The summed E-state index contributed by atoms with van der Waals surface area (Å²) in [7, 11) is 0. The smallest absolute Gasteiger partial charge is 0.166 e. The minimum atomic E-state index is -0.195. The van der Waals surface area contributed by atoms with E-state index in [0.717, 1.165) is 66.4 Å². The Hall–Kier alpha value is -8.15. The van der Waals surface area contributed by atoms with Crippen LogP contribution < -0.4 is 0 Å². The molecule has 0 atom stereocenters. The third-order valence-electron chi connectivity index (χ3n) is 13.7. The number of hydrogen-bond donors (Lipinski definition) is 0. The highest BCUT2D eigenvalue weighted by molar-refractivity contribution is 6.11. The first kappa shape index (κ1) is 48.5. The van der Waals surface area contributed by atoms with Crippen LogP contribution in [-0.2, 0) is 21.7 Å². The standard InChI is InChI=1S/C65H62N8/c1-62(2,3)44-23-19-21-41(36-44)56-67-57(42-22-20-24-45(37-42)63(4,5)6)69-58(68-56)43-32-34-54-49(38-43)46-25-15-18-30-53(46)73(54)55-33-31-40(39-66)35-50(55)61-71-59(47-26-13-16-28-51(47)64(7,8)9)70-60(72-61)48-27-14-17-29-52(48)65(10,11)12/h13-38H,1-12H3. The van der Waals surface area contributed by atoms with Gasteiger partial charge in [0, 0.05) is 44.2 Å². The maximum absolute atomic E-state index is 10.5. The minimum absolute atomic E-state index is 0.0623. The molecular formula is C65H62N8. The second-order valence-electron chi connectivity index (χ2n) is 23.3. The van der Waals surface area contributed by atoms with Gasteiger partial charge in [-0.15, -0.1) is 0 Å². The maximum Gasteiger partial charge on any atom is 0.166 e. The van der Waals surface area contributed by atoms with E-state index in [4.69, 9.17) is 29.9 Å². The molecule has 3 aromatic heterocycles. The lowest BCUT2D eigenvalue weighted by molar-refractivity contribution is 0.590. The van der Waals surface area contributed by atoms with Crippen LogP contribution in [0, 0.1) is 11.3 Å².